The van der Waals surface area contributed by atoms with Gasteiger partial charge in [0, 0.05) is 0 Å². The van der Waals surface area contributed by atoms with Crippen LogP contribution in [0.25, 0.3) is 0 Å². The van der Waals surface area contributed by atoms with Crippen LogP contribution in [0.4, 0.5) is 0 Å². The lowest BCUT2D eigenvalue weighted by molar-refractivity contribution is -0.255. The van der Waals surface area contributed by atoms with E-state index in [9.17, 15) is 9.90 Å². The first-order chi connectivity index (χ1) is 9.86. The molecule has 1 aromatic carbocycles. The van der Waals surface area contributed by atoms with E-state index in [-0.39, 0.29) is 19.8 Å². The van der Waals surface area contributed by atoms with Gasteiger partial charge in [-0.05, 0) is 26.3 Å². The van der Waals surface area contributed by atoms with Gasteiger partial charge in [0.25, 0.3) is 0 Å². The van der Waals surface area contributed by atoms with Crippen molar-refractivity contribution >= 4 is 5.97 Å². The monoisotopic (exact) mass is 294 g/mol. The fraction of sp³-hybridized carbons (Fsp3) is 0.562. The van der Waals surface area contributed by atoms with Crippen LogP contribution in [-0.2, 0) is 25.6 Å². The van der Waals surface area contributed by atoms with Crippen molar-refractivity contribution in [2.24, 2.45) is 0 Å². The van der Waals surface area contributed by atoms with Gasteiger partial charge in [-0.2, -0.15) is 0 Å². The summed E-state index contributed by atoms with van der Waals surface area (Å²) < 4.78 is 16.6. The molecule has 1 fully saturated rings. The maximum absolute atomic E-state index is 12.4. The second-order valence-electron chi connectivity index (χ2n) is 5.96. The Morgan fingerprint density at radius 2 is 1.95 bits per heavy atom. The summed E-state index contributed by atoms with van der Waals surface area (Å²) in [4.78, 5) is 12.4. The third kappa shape index (κ3) is 3.61. The van der Waals surface area contributed by atoms with Crippen molar-refractivity contribution in [2.45, 2.75) is 44.7 Å². The van der Waals surface area contributed by atoms with Gasteiger partial charge in [0.1, 0.15) is 6.61 Å². The van der Waals surface area contributed by atoms with Gasteiger partial charge in [0.2, 0.25) is 5.60 Å². The van der Waals surface area contributed by atoms with Crippen molar-refractivity contribution in [3.8, 4) is 0 Å². The lowest BCUT2D eigenvalue weighted by Gasteiger charge is -2.43. The van der Waals surface area contributed by atoms with E-state index >= 15 is 0 Å². The molecule has 1 saturated heterocycles. The van der Waals surface area contributed by atoms with Gasteiger partial charge in [-0.25, -0.2) is 4.79 Å². The molecule has 1 aliphatic heterocycles. The Bertz CT molecular complexity index is 471. The summed E-state index contributed by atoms with van der Waals surface area (Å²) in [5.74, 6) is -0.600. The number of benzene rings is 1. The molecule has 0 saturated carbocycles. The highest BCUT2D eigenvalue weighted by molar-refractivity contribution is 5.80. The molecule has 0 bridgehead atoms. The lowest BCUT2D eigenvalue weighted by Crippen LogP contribution is -2.61. The first-order valence-electron chi connectivity index (χ1n) is 7.03. The van der Waals surface area contributed by atoms with E-state index in [1.807, 2.05) is 44.2 Å². The van der Waals surface area contributed by atoms with Crippen LogP contribution in [0, 0.1) is 0 Å². The smallest absolute Gasteiger partial charge is 0.343 e. The molecule has 5 nitrogen and oxygen atoms in total. The third-order valence-corrected chi connectivity index (χ3v) is 3.59. The molecule has 0 amide bonds. The Morgan fingerprint density at radius 1 is 1.29 bits per heavy atom. The number of esters is 1. The number of hydrogen-bond donors (Lipinski definition) is 1. The van der Waals surface area contributed by atoms with Gasteiger partial charge in [-0.1, -0.05) is 30.3 Å². The molecule has 21 heavy (non-hydrogen) atoms. The van der Waals surface area contributed by atoms with Crippen LogP contribution in [0.15, 0.2) is 30.3 Å². The van der Waals surface area contributed by atoms with Crippen LogP contribution in [0.1, 0.15) is 26.3 Å². The van der Waals surface area contributed by atoms with Crippen LogP contribution in [0.2, 0.25) is 0 Å². The fourth-order valence-electron chi connectivity index (χ4n) is 2.06. The molecule has 2 rings (SSSR count). The van der Waals surface area contributed by atoms with Crippen molar-refractivity contribution in [1.29, 1.82) is 0 Å². The van der Waals surface area contributed by atoms with Crippen molar-refractivity contribution < 1.29 is 24.1 Å². The quantitative estimate of drug-likeness (QED) is 0.856. The van der Waals surface area contributed by atoms with Crippen LogP contribution in [0.3, 0.4) is 0 Å². The van der Waals surface area contributed by atoms with Gasteiger partial charge in [0.15, 0.2) is 0 Å². The zero-order valence-electron chi connectivity index (χ0n) is 12.7. The summed E-state index contributed by atoms with van der Waals surface area (Å²) in [6.07, 6.45) is -1.02. The van der Waals surface area contributed by atoms with Gasteiger partial charge >= 0.3 is 5.97 Å². The van der Waals surface area contributed by atoms with E-state index in [0.717, 1.165) is 5.56 Å². The van der Waals surface area contributed by atoms with Gasteiger partial charge in [-0.3, -0.25) is 0 Å². The van der Waals surface area contributed by atoms with E-state index in [2.05, 4.69) is 0 Å². The van der Waals surface area contributed by atoms with Crippen LogP contribution >= 0.6 is 0 Å². The molecular weight excluding hydrogens is 272 g/mol. The summed E-state index contributed by atoms with van der Waals surface area (Å²) in [5, 5.41) is 9.96. The SMILES string of the molecule is C[C@H](O)[C@]1(C(=O)OCc2ccccc2)COC(C)(C)CO1. The number of aliphatic hydroxyl groups excluding tert-OH is 1. The van der Waals surface area contributed by atoms with E-state index in [0.29, 0.717) is 0 Å². The highest BCUT2D eigenvalue weighted by atomic mass is 16.6. The summed E-state index contributed by atoms with van der Waals surface area (Å²) in [6.45, 7) is 5.58. The Balaban J connectivity index is 2.03. The van der Waals surface area contributed by atoms with Crippen molar-refractivity contribution in [1.82, 2.24) is 0 Å². The Morgan fingerprint density at radius 3 is 2.48 bits per heavy atom. The number of rotatable bonds is 4. The molecule has 0 aromatic heterocycles. The van der Waals surface area contributed by atoms with E-state index in [1.165, 1.54) is 6.92 Å². The second-order valence-corrected chi connectivity index (χ2v) is 5.96. The summed E-state index contributed by atoms with van der Waals surface area (Å²) in [5.41, 5.74) is -1.05. The molecule has 1 heterocycles. The third-order valence-electron chi connectivity index (χ3n) is 3.59. The molecule has 5 heteroatoms. The van der Waals surface area contributed by atoms with E-state index in [1.54, 1.807) is 0 Å². The normalized spacial score (nSPS) is 26.1. The van der Waals surface area contributed by atoms with Crippen LogP contribution in [-0.4, -0.2) is 41.6 Å². The zero-order chi connectivity index (χ0) is 15.5. The predicted octanol–water partition coefficient (Wildman–Crippen LogP) is 1.67. The maximum atomic E-state index is 12.4. The standard InChI is InChI=1S/C16H22O5/c1-12(17)16(11-20-15(2,3)10-21-16)14(18)19-9-13-7-5-4-6-8-13/h4-8,12,17H,9-11H2,1-3H3/t12-,16-/m0/s1. The molecular formula is C16H22O5. The van der Waals surface area contributed by atoms with Gasteiger partial charge < -0.3 is 19.3 Å². The lowest BCUT2D eigenvalue weighted by atomic mass is 9.95. The highest BCUT2D eigenvalue weighted by Gasteiger charge is 2.51. The van der Waals surface area contributed by atoms with E-state index in [4.69, 9.17) is 14.2 Å². The average Bonchev–Trinajstić information content (AvgIpc) is 2.46. The maximum Gasteiger partial charge on any atom is 0.343 e. The molecule has 2 atom stereocenters. The predicted molar refractivity (Wildman–Crippen MR) is 76.6 cm³/mol. The first-order valence-corrected chi connectivity index (χ1v) is 7.03. The van der Waals surface area contributed by atoms with E-state index < -0.39 is 23.3 Å². The number of hydrogen-bond acceptors (Lipinski definition) is 5. The van der Waals surface area contributed by atoms with Gasteiger partial charge in [0.05, 0.1) is 24.9 Å². The summed E-state index contributed by atoms with van der Waals surface area (Å²) >= 11 is 0. The summed E-state index contributed by atoms with van der Waals surface area (Å²) in [7, 11) is 0. The van der Waals surface area contributed by atoms with Crippen molar-refractivity contribution in [2.75, 3.05) is 13.2 Å². The Labute approximate surface area is 124 Å². The largest absolute Gasteiger partial charge is 0.459 e. The zero-order valence-corrected chi connectivity index (χ0v) is 12.7. The molecule has 0 spiro atoms. The van der Waals surface area contributed by atoms with Crippen molar-refractivity contribution in [3.05, 3.63) is 35.9 Å². The minimum Gasteiger partial charge on any atom is -0.459 e. The van der Waals surface area contributed by atoms with Crippen LogP contribution < -0.4 is 0 Å². The highest BCUT2D eigenvalue weighted by Crippen LogP contribution is 2.29. The molecule has 1 N–H and O–H groups in total. The molecule has 0 unspecified atom stereocenters. The van der Waals surface area contributed by atoms with Crippen molar-refractivity contribution in [3.63, 3.8) is 0 Å². The Kier molecular flexibility index (Phi) is 4.66. The fourth-order valence-corrected chi connectivity index (χ4v) is 2.06. The molecule has 0 radical (unpaired) electrons. The molecule has 0 aliphatic carbocycles. The molecule has 116 valence electrons. The summed E-state index contributed by atoms with van der Waals surface area (Å²) in [6, 6.07) is 9.36. The number of ether oxygens (including phenoxy) is 3. The topological polar surface area (TPSA) is 65.0 Å². The minimum absolute atomic E-state index is 0.0225. The van der Waals surface area contributed by atoms with Gasteiger partial charge in [-0.15, -0.1) is 0 Å². The first kappa shape index (κ1) is 15.9. The second kappa shape index (κ2) is 6.13. The number of carbonyl (C=O) groups is 1. The number of carbonyl (C=O) groups excluding carboxylic acids is 1. The molecule has 1 aliphatic rings. The average molecular weight is 294 g/mol. The van der Waals surface area contributed by atoms with Crippen LogP contribution in [0.5, 0.6) is 0 Å². The minimum atomic E-state index is -1.45. The molecule has 1 aromatic rings. The Hall–Kier alpha value is -1.43. The number of aliphatic hydroxyl groups is 1.